The molecule has 3 aromatic rings. The number of benzene rings is 3. The maximum absolute atomic E-state index is 13.3. The molecule has 0 saturated carbocycles. The molecule has 2 bridgehead atoms. The van der Waals surface area contributed by atoms with Gasteiger partial charge in [-0.05, 0) is 64.8 Å². The highest BCUT2D eigenvalue weighted by molar-refractivity contribution is 7.90. The number of nitrogens with zero attached hydrogens (tertiary/aromatic N) is 1. The molecule has 0 spiro atoms. The third-order valence-electron chi connectivity index (χ3n) is 7.58. The third kappa shape index (κ3) is 3.86. The SMILES string of the molecule is CS(=O)(=O)c1cccc(C2=CC3CCC(C2)N3C(=O)OCC2c3ccccc3-c3ccccc32)c1. The molecule has 0 radical (unpaired) electrons. The van der Waals surface area contributed by atoms with Gasteiger partial charge in [0.25, 0.3) is 0 Å². The van der Waals surface area contributed by atoms with Gasteiger partial charge in [-0.2, -0.15) is 0 Å². The summed E-state index contributed by atoms with van der Waals surface area (Å²) in [5, 5.41) is 0. The molecule has 35 heavy (non-hydrogen) atoms. The smallest absolute Gasteiger partial charge is 0.410 e. The lowest BCUT2D eigenvalue weighted by Gasteiger charge is -2.33. The van der Waals surface area contributed by atoms with Crippen LogP contribution in [-0.2, 0) is 14.6 Å². The van der Waals surface area contributed by atoms with E-state index in [9.17, 15) is 13.2 Å². The molecule has 3 aliphatic rings. The zero-order valence-electron chi connectivity index (χ0n) is 19.6. The van der Waals surface area contributed by atoms with E-state index >= 15 is 0 Å². The highest BCUT2D eigenvalue weighted by Gasteiger charge is 2.41. The second-order valence-corrected chi connectivity index (χ2v) is 11.7. The Hall–Kier alpha value is -3.38. The van der Waals surface area contributed by atoms with E-state index in [2.05, 4.69) is 30.3 Å². The number of sulfone groups is 1. The predicted octanol–water partition coefficient (Wildman–Crippen LogP) is 5.66. The Labute approximate surface area is 206 Å². The molecule has 6 rings (SSSR count). The molecule has 3 aromatic carbocycles. The fraction of sp³-hybridized carbons (Fsp3) is 0.276. The lowest BCUT2D eigenvalue weighted by Crippen LogP contribution is -2.43. The molecule has 6 heteroatoms. The first kappa shape index (κ1) is 22.1. The minimum atomic E-state index is -3.27. The number of fused-ring (bicyclic) bond motifs is 5. The van der Waals surface area contributed by atoms with Gasteiger partial charge in [0.15, 0.2) is 9.84 Å². The average molecular weight is 486 g/mol. The zero-order valence-corrected chi connectivity index (χ0v) is 20.4. The van der Waals surface area contributed by atoms with E-state index in [4.69, 9.17) is 4.74 Å². The Balaban J connectivity index is 1.20. The molecule has 5 nitrogen and oxygen atoms in total. The molecule has 1 aliphatic carbocycles. The van der Waals surface area contributed by atoms with Gasteiger partial charge in [-0.3, -0.25) is 4.90 Å². The van der Waals surface area contributed by atoms with E-state index in [1.165, 1.54) is 28.5 Å². The summed E-state index contributed by atoms with van der Waals surface area (Å²) < 4.78 is 29.9. The largest absolute Gasteiger partial charge is 0.448 e. The summed E-state index contributed by atoms with van der Waals surface area (Å²) in [5.74, 6) is 0.0404. The first-order valence-corrected chi connectivity index (χ1v) is 13.9. The summed E-state index contributed by atoms with van der Waals surface area (Å²) in [5.41, 5.74) is 6.85. The van der Waals surface area contributed by atoms with Crippen LogP contribution in [0.25, 0.3) is 16.7 Å². The molecule has 0 aromatic heterocycles. The van der Waals surface area contributed by atoms with Crippen LogP contribution >= 0.6 is 0 Å². The van der Waals surface area contributed by atoms with Crippen LogP contribution in [0.3, 0.4) is 0 Å². The van der Waals surface area contributed by atoms with E-state index in [-0.39, 0.29) is 24.1 Å². The second-order valence-electron chi connectivity index (χ2n) is 9.71. The standard InChI is InChI=1S/C29H27NO4S/c1-35(32,33)23-8-6-7-19(17-23)20-15-21-13-14-22(16-20)30(21)29(31)34-18-28-26-11-4-2-9-24(26)25-10-3-5-12-27(25)28/h2-12,15,17,21-22,28H,13-14,16,18H2,1H3. The zero-order chi connectivity index (χ0) is 24.2. The Kier molecular flexibility index (Phi) is 5.29. The quantitative estimate of drug-likeness (QED) is 0.478. The summed E-state index contributed by atoms with van der Waals surface area (Å²) >= 11 is 0. The van der Waals surface area contributed by atoms with Crippen molar-refractivity contribution in [3.05, 3.63) is 95.6 Å². The van der Waals surface area contributed by atoms with E-state index in [0.717, 1.165) is 24.0 Å². The van der Waals surface area contributed by atoms with E-state index in [0.29, 0.717) is 17.9 Å². The summed E-state index contributed by atoms with van der Waals surface area (Å²) in [6, 6.07) is 23.8. The van der Waals surface area contributed by atoms with Crippen molar-refractivity contribution in [3.8, 4) is 11.1 Å². The molecule has 2 atom stereocenters. The first-order chi connectivity index (χ1) is 16.9. The minimum Gasteiger partial charge on any atom is -0.448 e. The van der Waals surface area contributed by atoms with Crippen LogP contribution in [0.5, 0.6) is 0 Å². The number of rotatable bonds is 4. The van der Waals surface area contributed by atoms with Crippen molar-refractivity contribution in [2.75, 3.05) is 12.9 Å². The van der Waals surface area contributed by atoms with Crippen molar-refractivity contribution in [3.63, 3.8) is 0 Å². The molecule has 1 amide bonds. The van der Waals surface area contributed by atoms with Crippen LogP contribution in [0.15, 0.2) is 83.8 Å². The molecule has 2 aliphatic heterocycles. The number of carbonyl (C=O) groups excluding carboxylic acids is 1. The van der Waals surface area contributed by atoms with Gasteiger partial charge >= 0.3 is 6.09 Å². The lowest BCUT2D eigenvalue weighted by atomic mass is 9.95. The predicted molar refractivity (Wildman–Crippen MR) is 136 cm³/mol. The number of carbonyl (C=O) groups is 1. The third-order valence-corrected chi connectivity index (χ3v) is 8.69. The highest BCUT2D eigenvalue weighted by atomic mass is 32.2. The Morgan fingerprint density at radius 1 is 0.943 bits per heavy atom. The van der Waals surface area contributed by atoms with Gasteiger partial charge in [0.1, 0.15) is 6.61 Å². The monoisotopic (exact) mass is 485 g/mol. The van der Waals surface area contributed by atoms with Crippen LogP contribution in [0.4, 0.5) is 4.79 Å². The molecule has 2 unspecified atom stereocenters. The van der Waals surface area contributed by atoms with Crippen molar-refractivity contribution >= 4 is 21.5 Å². The van der Waals surface area contributed by atoms with Crippen LogP contribution in [-0.4, -0.2) is 44.4 Å². The van der Waals surface area contributed by atoms with Gasteiger partial charge in [-0.1, -0.05) is 66.7 Å². The summed E-state index contributed by atoms with van der Waals surface area (Å²) in [6.45, 7) is 0.315. The first-order valence-electron chi connectivity index (χ1n) is 12.0. The average Bonchev–Trinajstić information content (AvgIpc) is 3.32. The van der Waals surface area contributed by atoms with Gasteiger partial charge in [-0.25, -0.2) is 13.2 Å². The molecule has 1 fully saturated rings. The fourth-order valence-corrected chi connectivity index (χ4v) is 6.59. The van der Waals surface area contributed by atoms with Crippen LogP contribution in [0, 0.1) is 0 Å². The number of hydrogen-bond donors (Lipinski definition) is 0. The Morgan fingerprint density at radius 3 is 2.29 bits per heavy atom. The van der Waals surface area contributed by atoms with Crippen molar-refractivity contribution < 1.29 is 17.9 Å². The van der Waals surface area contributed by atoms with E-state index in [1.807, 2.05) is 35.2 Å². The molecular weight excluding hydrogens is 458 g/mol. The number of hydrogen-bond acceptors (Lipinski definition) is 4. The van der Waals surface area contributed by atoms with Crippen LogP contribution in [0.1, 0.15) is 41.9 Å². The lowest BCUT2D eigenvalue weighted by molar-refractivity contribution is 0.0866. The topological polar surface area (TPSA) is 63.7 Å². The van der Waals surface area contributed by atoms with Crippen molar-refractivity contribution in [1.82, 2.24) is 4.90 Å². The van der Waals surface area contributed by atoms with Gasteiger partial charge in [-0.15, -0.1) is 0 Å². The van der Waals surface area contributed by atoms with Crippen LogP contribution < -0.4 is 0 Å². The van der Waals surface area contributed by atoms with E-state index in [1.54, 1.807) is 18.2 Å². The fourth-order valence-electron chi connectivity index (χ4n) is 5.92. The number of amides is 1. The molecule has 1 saturated heterocycles. The molecular formula is C29H27NO4S. The van der Waals surface area contributed by atoms with Gasteiger partial charge in [0.2, 0.25) is 0 Å². The van der Waals surface area contributed by atoms with Gasteiger partial charge < -0.3 is 4.74 Å². The van der Waals surface area contributed by atoms with E-state index < -0.39 is 9.84 Å². The summed E-state index contributed by atoms with van der Waals surface area (Å²) in [6.07, 6.45) is 5.59. The van der Waals surface area contributed by atoms with Gasteiger partial charge in [0, 0.05) is 18.2 Å². The maximum Gasteiger partial charge on any atom is 0.410 e. The maximum atomic E-state index is 13.3. The molecule has 0 N–H and O–H groups in total. The second kappa shape index (κ2) is 8.38. The van der Waals surface area contributed by atoms with Gasteiger partial charge in [0.05, 0.1) is 10.9 Å². The minimum absolute atomic E-state index is 0.0266. The highest BCUT2D eigenvalue weighted by Crippen LogP contribution is 2.45. The van der Waals surface area contributed by atoms with Crippen molar-refractivity contribution in [1.29, 1.82) is 0 Å². The van der Waals surface area contributed by atoms with Crippen LogP contribution in [0.2, 0.25) is 0 Å². The van der Waals surface area contributed by atoms with Crippen molar-refractivity contribution in [2.45, 2.75) is 42.2 Å². The molecule has 178 valence electrons. The Bertz CT molecular complexity index is 1410. The molecule has 2 heterocycles. The summed E-state index contributed by atoms with van der Waals surface area (Å²) in [4.78, 5) is 15.5. The van der Waals surface area contributed by atoms with Crippen molar-refractivity contribution in [2.24, 2.45) is 0 Å². The normalized spacial score (nSPS) is 20.8. The summed E-state index contributed by atoms with van der Waals surface area (Å²) in [7, 11) is -3.27. The Morgan fingerprint density at radius 2 is 1.63 bits per heavy atom. The number of ether oxygens (including phenoxy) is 1.